The van der Waals surface area contributed by atoms with E-state index in [-0.39, 0.29) is 0 Å². The Labute approximate surface area is 138 Å². The number of amides is 1. The van der Waals surface area contributed by atoms with Crippen LogP contribution in [0.4, 0.5) is 0 Å². The standard InChI is InChI=1S/C15H19N3O4S/c1-18-9-7-15(8-10-18,23-17-22)12(14(20)21)16-13(19)11-5-3-2-4-6-11/h2-6,12H,7-10H2,1H3,(H,16,19)(H,20,21). The van der Waals surface area contributed by atoms with Crippen LogP contribution in [0.1, 0.15) is 23.2 Å². The fraction of sp³-hybridized carbons (Fsp3) is 0.467. The van der Waals surface area contributed by atoms with Crippen LogP contribution in [0.25, 0.3) is 0 Å². The van der Waals surface area contributed by atoms with Gasteiger partial charge in [-0.3, -0.25) is 4.79 Å². The fourth-order valence-electron chi connectivity index (χ4n) is 2.73. The molecule has 1 unspecified atom stereocenters. The fourth-order valence-corrected chi connectivity index (χ4v) is 3.50. The maximum absolute atomic E-state index is 12.3. The molecule has 124 valence electrons. The van der Waals surface area contributed by atoms with Crippen LogP contribution in [-0.4, -0.2) is 52.8 Å². The van der Waals surface area contributed by atoms with E-state index >= 15 is 0 Å². The van der Waals surface area contributed by atoms with Crippen LogP contribution < -0.4 is 5.32 Å². The normalized spacial score (nSPS) is 18.8. The lowest BCUT2D eigenvalue weighted by atomic mass is 9.88. The summed E-state index contributed by atoms with van der Waals surface area (Å²) in [5.74, 6) is -1.63. The van der Waals surface area contributed by atoms with Crippen LogP contribution in [0.2, 0.25) is 0 Å². The molecule has 0 aromatic heterocycles. The Balaban J connectivity index is 2.23. The summed E-state index contributed by atoms with van der Waals surface area (Å²) in [5, 5.41) is 12.2. The highest BCUT2D eigenvalue weighted by Gasteiger charge is 2.47. The largest absolute Gasteiger partial charge is 0.480 e. The third-order valence-corrected chi connectivity index (χ3v) is 5.22. The summed E-state index contributed by atoms with van der Waals surface area (Å²) in [6.45, 7) is 1.29. The quantitative estimate of drug-likeness (QED) is 0.606. The summed E-state index contributed by atoms with van der Waals surface area (Å²) < 4.78 is 1.95. The van der Waals surface area contributed by atoms with Gasteiger partial charge < -0.3 is 15.3 Å². The van der Waals surface area contributed by atoms with E-state index in [2.05, 4.69) is 14.8 Å². The number of carbonyl (C=O) groups excluding carboxylic acids is 1. The molecule has 1 aliphatic rings. The van der Waals surface area contributed by atoms with Crippen molar-refractivity contribution in [3.63, 3.8) is 0 Å². The molecular formula is C15H19N3O4S. The molecule has 1 saturated heterocycles. The van der Waals surface area contributed by atoms with Crippen LogP contribution in [0.3, 0.4) is 0 Å². The van der Waals surface area contributed by atoms with E-state index in [9.17, 15) is 19.6 Å². The second kappa shape index (κ2) is 7.56. The highest BCUT2D eigenvalue weighted by molar-refractivity contribution is 7.99. The molecule has 2 N–H and O–H groups in total. The molecule has 1 aromatic rings. The Kier molecular flexibility index (Phi) is 5.73. The van der Waals surface area contributed by atoms with Gasteiger partial charge in [-0.2, -0.15) is 0 Å². The summed E-state index contributed by atoms with van der Waals surface area (Å²) >= 11 is 0.723. The molecule has 0 saturated carbocycles. The molecule has 0 radical (unpaired) electrons. The van der Waals surface area contributed by atoms with Crippen molar-refractivity contribution in [1.29, 1.82) is 0 Å². The van der Waals surface area contributed by atoms with Gasteiger partial charge in [0.25, 0.3) is 5.91 Å². The molecule has 7 nitrogen and oxygen atoms in total. The molecule has 1 amide bonds. The van der Waals surface area contributed by atoms with Crippen molar-refractivity contribution in [1.82, 2.24) is 10.2 Å². The molecule has 1 fully saturated rings. The summed E-state index contributed by atoms with van der Waals surface area (Å²) in [4.78, 5) is 36.9. The van der Waals surface area contributed by atoms with Crippen molar-refractivity contribution in [2.45, 2.75) is 23.6 Å². The highest BCUT2D eigenvalue weighted by atomic mass is 32.2. The minimum atomic E-state index is -1.17. The minimum Gasteiger partial charge on any atom is -0.480 e. The van der Waals surface area contributed by atoms with Crippen LogP contribution in [-0.2, 0) is 4.79 Å². The van der Waals surface area contributed by atoms with Crippen LogP contribution >= 0.6 is 11.9 Å². The number of aliphatic carboxylic acids is 1. The SMILES string of the molecule is CN1CCC(SN=O)(C(NC(=O)c2ccccc2)C(=O)O)CC1. The number of carboxylic acids is 1. The topological polar surface area (TPSA) is 99.1 Å². The lowest BCUT2D eigenvalue weighted by Crippen LogP contribution is -2.58. The molecule has 1 aromatic carbocycles. The van der Waals surface area contributed by atoms with Gasteiger partial charge in [0.2, 0.25) is 0 Å². The Hall–Kier alpha value is -1.93. The number of rotatable bonds is 6. The van der Waals surface area contributed by atoms with Crippen molar-refractivity contribution in [3.05, 3.63) is 40.8 Å². The number of nitrogens with zero attached hydrogens (tertiary/aromatic N) is 2. The first kappa shape index (κ1) is 17.4. The third-order valence-electron chi connectivity index (χ3n) is 4.14. The predicted molar refractivity (Wildman–Crippen MR) is 88.2 cm³/mol. The zero-order valence-electron chi connectivity index (χ0n) is 12.8. The molecule has 0 spiro atoms. The first-order valence-corrected chi connectivity index (χ1v) is 8.04. The van der Waals surface area contributed by atoms with Gasteiger partial charge in [-0.1, -0.05) is 18.2 Å². The summed E-state index contributed by atoms with van der Waals surface area (Å²) in [6, 6.07) is 7.24. The van der Waals surface area contributed by atoms with E-state index in [1.807, 2.05) is 7.05 Å². The molecule has 1 aliphatic heterocycles. The van der Waals surface area contributed by atoms with Crippen molar-refractivity contribution in [2.75, 3.05) is 20.1 Å². The second-order valence-electron chi connectivity index (χ2n) is 5.64. The van der Waals surface area contributed by atoms with E-state index < -0.39 is 22.7 Å². The van der Waals surface area contributed by atoms with Crippen molar-refractivity contribution in [2.24, 2.45) is 4.58 Å². The minimum absolute atomic E-state index is 0.380. The maximum Gasteiger partial charge on any atom is 0.327 e. The van der Waals surface area contributed by atoms with Gasteiger partial charge in [-0.15, -0.1) is 4.91 Å². The first-order chi connectivity index (χ1) is 11.0. The van der Waals surface area contributed by atoms with Gasteiger partial charge in [-0.25, -0.2) is 4.79 Å². The average Bonchev–Trinajstić information content (AvgIpc) is 2.55. The lowest BCUT2D eigenvalue weighted by molar-refractivity contribution is -0.140. The van der Waals surface area contributed by atoms with E-state index in [1.165, 1.54) is 0 Å². The molecule has 1 atom stereocenters. The van der Waals surface area contributed by atoms with E-state index in [0.29, 0.717) is 31.5 Å². The predicted octanol–water partition coefficient (Wildman–Crippen LogP) is 1.75. The zero-order valence-corrected chi connectivity index (χ0v) is 13.6. The van der Waals surface area contributed by atoms with Gasteiger partial charge >= 0.3 is 5.97 Å². The van der Waals surface area contributed by atoms with Crippen molar-refractivity contribution >= 4 is 23.8 Å². The van der Waals surface area contributed by atoms with Gasteiger partial charge in [0.05, 0.1) is 4.75 Å². The number of nitroso groups, excluding NO2 is 1. The van der Waals surface area contributed by atoms with E-state index in [4.69, 9.17) is 0 Å². The summed E-state index contributed by atoms with van der Waals surface area (Å²) in [7, 11) is 1.93. The molecule has 2 rings (SSSR count). The van der Waals surface area contributed by atoms with Crippen LogP contribution in [0.15, 0.2) is 34.9 Å². The Bertz CT molecular complexity index is 573. The van der Waals surface area contributed by atoms with Gasteiger partial charge in [0.15, 0.2) is 0 Å². The number of hydrogen-bond donors (Lipinski definition) is 2. The number of hydrogen-bond acceptors (Lipinski definition) is 6. The number of carboxylic acid groups (broad SMARTS) is 1. The van der Waals surface area contributed by atoms with E-state index in [1.54, 1.807) is 30.3 Å². The number of carbonyl (C=O) groups is 2. The van der Waals surface area contributed by atoms with Crippen molar-refractivity contribution < 1.29 is 14.7 Å². The smallest absolute Gasteiger partial charge is 0.327 e. The molecule has 23 heavy (non-hydrogen) atoms. The summed E-state index contributed by atoms with van der Waals surface area (Å²) in [5.41, 5.74) is 0.380. The first-order valence-electron chi connectivity index (χ1n) is 7.26. The van der Waals surface area contributed by atoms with Gasteiger partial charge in [0, 0.05) is 22.1 Å². The number of nitrogens with one attached hydrogen (secondary N) is 1. The second-order valence-corrected chi connectivity index (χ2v) is 6.79. The van der Waals surface area contributed by atoms with E-state index in [0.717, 1.165) is 11.9 Å². The molecule has 0 bridgehead atoms. The third kappa shape index (κ3) is 4.08. The Morgan fingerprint density at radius 2 is 1.91 bits per heavy atom. The lowest BCUT2D eigenvalue weighted by Gasteiger charge is -2.41. The monoisotopic (exact) mass is 337 g/mol. The van der Waals surface area contributed by atoms with Crippen molar-refractivity contribution in [3.8, 4) is 0 Å². The molecule has 1 heterocycles. The molecule has 8 heteroatoms. The highest BCUT2D eigenvalue weighted by Crippen LogP contribution is 2.40. The average molecular weight is 337 g/mol. The zero-order chi connectivity index (χ0) is 16.9. The number of piperidine rings is 1. The number of benzene rings is 1. The number of likely N-dealkylation sites (tertiary alicyclic amines) is 1. The Morgan fingerprint density at radius 1 is 1.30 bits per heavy atom. The Morgan fingerprint density at radius 3 is 2.43 bits per heavy atom. The maximum atomic E-state index is 12.3. The molecule has 0 aliphatic carbocycles. The van der Waals surface area contributed by atoms with Gasteiger partial charge in [-0.05, 0) is 45.1 Å². The summed E-state index contributed by atoms with van der Waals surface area (Å²) in [6.07, 6.45) is 0.928. The van der Waals surface area contributed by atoms with Gasteiger partial charge in [0.1, 0.15) is 6.04 Å². The molecular weight excluding hydrogens is 318 g/mol. The van der Waals surface area contributed by atoms with Crippen LogP contribution in [0.5, 0.6) is 0 Å². The van der Waals surface area contributed by atoms with Crippen LogP contribution in [0, 0.1) is 4.91 Å².